The SMILES string of the molecule is CCC1COCCN1C(=O)NCc1ccc(CN(C)C)c(F)c1. The summed E-state index contributed by atoms with van der Waals surface area (Å²) in [6.45, 7) is 4.67. The molecule has 0 bridgehead atoms. The van der Waals surface area contributed by atoms with Crippen molar-refractivity contribution in [2.45, 2.75) is 32.5 Å². The number of hydrogen-bond donors (Lipinski definition) is 1. The summed E-state index contributed by atoms with van der Waals surface area (Å²) >= 11 is 0. The fraction of sp³-hybridized carbons (Fsp3) is 0.588. The maximum absolute atomic E-state index is 14.0. The van der Waals surface area contributed by atoms with Crippen LogP contribution in [0.25, 0.3) is 0 Å². The summed E-state index contributed by atoms with van der Waals surface area (Å²) in [5.41, 5.74) is 1.42. The van der Waals surface area contributed by atoms with Crippen molar-refractivity contribution in [3.63, 3.8) is 0 Å². The molecule has 1 unspecified atom stereocenters. The third-order valence-electron chi connectivity index (χ3n) is 4.01. The molecule has 1 aliphatic rings. The fourth-order valence-electron chi connectivity index (χ4n) is 2.71. The van der Waals surface area contributed by atoms with Crippen LogP contribution in [-0.2, 0) is 17.8 Å². The Morgan fingerprint density at radius 2 is 2.26 bits per heavy atom. The summed E-state index contributed by atoms with van der Waals surface area (Å²) in [6.07, 6.45) is 0.862. The van der Waals surface area contributed by atoms with Gasteiger partial charge in [-0.2, -0.15) is 0 Å². The van der Waals surface area contributed by atoms with Crippen molar-refractivity contribution in [1.29, 1.82) is 0 Å². The first kappa shape index (κ1) is 17.7. The molecule has 2 rings (SSSR count). The topological polar surface area (TPSA) is 44.8 Å². The number of carbonyl (C=O) groups is 1. The summed E-state index contributed by atoms with van der Waals surface area (Å²) in [7, 11) is 3.81. The van der Waals surface area contributed by atoms with E-state index < -0.39 is 0 Å². The van der Waals surface area contributed by atoms with Crippen LogP contribution >= 0.6 is 0 Å². The summed E-state index contributed by atoms with van der Waals surface area (Å²) < 4.78 is 19.4. The predicted molar refractivity (Wildman–Crippen MR) is 87.6 cm³/mol. The number of nitrogens with zero attached hydrogens (tertiary/aromatic N) is 2. The molecule has 6 heteroatoms. The Kier molecular flexibility index (Phi) is 6.36. The minimum atomic E-state index is -0.233. The molecule has 0 spiro atoms. The molecule has 2 amide bonds. The number of nitrogens with one attached hydrogen (secondary N) is 1. The normalized spacial score (nSPS) is 18.3. The van der Waals surface area contributed by atoms with Gasteiger partial charge in [0.25, 0.3) is 0 Å². The summed E-state index contributed by atoms with van der Waals surface area (Å²) in [5, 5.41) is 2.87. The molecule has 23 heavy (non-hydrogen) atoms. The van der Waals surface area contributed by atoms with Gasteiger partial charge in [0.2, 0.25) is 0 Å². The number of carbonyl (C=O) groups excluding carboxylic acids is 1. The maximum atomic E-state index is 14.0. The number of rotatable bonds is 5. The molecule has 1 aromatic carbocycles. The van der Waals surface area contributed by atoms with E-state index in [1.54, 1.807) is 11.0 Å². The van der Waals surface area contributed by atoms with Crippen molar-refractivity contribution in [3.05, 3.63) is 35.1 Å². The number of halogens is 1. The molecular formula is C17H26FN3O2. The lowest BCUT2D eigenvalue weighted by atomic mass is 10.1. The van der Waals surface area contributed by atoms with E-state index in [9.17, 15) is 9.18 Å². The number of ether oxygens (including phenoxy) is 1. The van der Waals surface area contributed by atoms with Gasteiger partial charge in [0.1, 0.15) is 5.82 Å². The zero-order chi connectivity index (χ0) is 16.8. The van der Waals surface area contributed by atoms with E-state index in [2.05, 4.69) is 5.32 Å². The van der Waals surface area contributed by atoms with Gasteiger partial charge in [-0.3, -0.25) is 0 Å². The molecule has 0 aliphatic carbocycles. The zero-order valence-electron chi connectivity index (χ0n) is 14.1. The molecule has 0 aromatic heterocycles. The average Bonchev–Trinajstić information content (AvgIpc) is 2.54. The highest BCUT2D eigenvalue weighted by atomic mass is 19.1. The van der Waals surface area contributed by atoms with Gasteiger partial charge < -0.3 is 19.9 Å². The van der Waals surface area contributed by atoms with Gasteiger partial charge in [-0.1, -0.05) is 19.1 Å². The highest BCUT2D eigenvalue weighted by molar-refractivity contribution is 5.74. The Hall–Kier alpha value is -1.66. The van der Waals surface area contributed by atoms with Crippen molar-refractivity contribution in [1.82, 2.24) is 15.1 Å². The molecule has 1 atom stereocenters. The smallest absolute Gasteiger partial charge is 0.318 e. The Morgan fingerprint density at radius 3 is 2.91 bits per heavy atom. The zero-order valence-corrected chi connectivity index (χ0v) is 14.1. The molecule has 128 valence electrons. The third-order valence-corrected chi connectivity index (χ3v) is 4.01. The van der Waals surface area contributed by atoms with Crippen LogP contribution in [0, 0.1) is 5.82 Å². The lowest BCUT2D eigenvalue weighted by Gasteiger charge is -2.35. The van der Waals surface area contributed by atoms with Crippen LogP contribution < -0.4 is 5.32 Å². The van der Waals surface area contributed by atoms with Crippen LogP contribution in [0.4, 0.5) is 9.18 Å². The van der Waals surface area contributed by atoms with Gasteiger partial charge in [0.05, 0.1) is 19.3 Å². The van der Waals surface area contributed by atoms with Gasteiger partial charge in [0, 0.05) is 25.2 Å². The Balaban J connectivity index is 1.92. The maximum Gasteiger partial charge on any atom is 0.318 e. The molecule has 5 nitrogen and oxygen atoms in total. The minimum Gasteiger partial charge on any atom is -0.377 e. The number of hydrogen-bond acceptors (Lipinski definition) is 3. The second-order valence-corrected chi connectivity index (χ2v) is 6.15. The summed E-state index contributed by atoms with van der Waals surface area (Å²) in [6, 6.07) is 5.13. The molecule has 1 saturated heterocycles. The van der Waals surface area contributed by atoms with Crippen LogP contribution in [0.5, 0.6) is 0 Å². The van der Waals surface area contributed by atoms with Crippen LogP contribution in [0.2, 0.25) is 0 Å². The highest BCUT2D eigenvalue weighted by Crippen LogP contribution is 2.13. The fourth-order valence-corrected chi connectivity index (χ4v) is 2.71. The predicted octanol–water partition coefficient (Wildman–Crippen LogP) is 2.21. The van der Waals surface area contributed by atoms with E-state index in [4.69, 9.17) is 4.74 Å². The minimum absolute atomic E-state index is 0.113. The molecule has 1 N–H and O–H groups in total. The summed E-state index contributed by atoms with van der Waals surface area (Å²) in [5.74, 6) is -0.233. The van der Waals surface area contributed by atoms with Gasteiger partial charge >= 0.3 is 6.03 Å². The molecule has 0 saturated carbocycles. The summed E-state index contributed by atoms with van der Waals surface area (Å²) in [4.78, 5) is 16.0. The Labute approximate surface area is 137 Å². The van der Waals surface area contributed by atoms with E-state index >= 15 is 0 Å². The van der Waals surface area contributed by atoms with Gasteiger partial charge in [-0.25, -0.2) is 9.18 Å². The van der Waals surface area contributed by atoms with E-state index in [-0.39, 0.29) is 17.9 Å². The van der Waals surface area contributed by atoms with Crippen LogP contribution in [0.3, 0.4) is 0 Å². The van der Waals surface area contributed by atoms with E-state index in [0.717, 1.165) is 12.0 Å². The van der Waals surface area contributed by atoms with E-state index in [0.29, 0.717) is 38.4 Å². The first-order valence-corrected chi connectivity index (χ1v) is 8.05. The van der Waals surface area contributed by atoms with Gasteiger partial charge in [0.15, 0.2) is 0 Å². The van der Waals surface area contributed by atoms with Crippen molar-refractivity contribution in [2.75, 3.05) is 33.9 Å². The number of amides is 2. The molecular weight excluding hydrogens is 297 g/mol. The monoisotopic (exact) mass is 323 g/mol. The van der Waals surface area contributed by atoms with E-state index in [1.807, 2.05) is 32.0 Å². The van der Waals surface area contributed by atoms with Crippen LogP contribution in [0.15, 0.2) is 18.2 Å². The molecule has 1 aliphatic heterocycles. The number of urea groups is 1. The van der Waals surface area contributed by atoms with Crippen molar-refractivity contribution >= 4 is 6.03 Å². The Morgan fingerprint density at radius 1 is 1.48 bits per heavy atom. The highest BCUT2D eigenvalue weighted by Gasteiger charge is 2.25. The first-order chi connectivity index (χ1) is 11.0. The molecule has 1 aromatic rings. The largest absolute Gasteiger partial charge is 0.377 e. The van der Waals surface area contributed by atoms with Crippen molar-refractivity contribution in [3.8, 4) is 0 Å². The second kappa shape index (κ2) is 8.26. The van der Waals surface area contributed by atoms with Gasteiger partial charge in [-0.05, 0) is 32.1 Å². The van der Waals surface area contributed by atoms with Crippen molar-refractivity contribution in [2.24, 2.45) is 0 Å². The van der Waals surface area contributed by atoms with E-state index in [1.165, 1.54) is 6.07 Å². The lowest BCUT2D eigenvalue weighted by Crippen LogP contribution is -2.52. The molecule has 1 heterocycles. The van der Waals surface area contributed by atoms with Crippen molar-refractivity contribution < 1.29 is 13.9 Å². The lowest BCUT2D eigenvalue weighted by molar-refractivity contribution is 0.0112. The average molecular weight is 323 g/mol. The Bertz CT molecular complexity index is 537. The second-order valence-electron chi connectivity index (χ2n) is 6.15. The first-order valence-electron chi connectivity index (χ1n) is 8.05. The molecule has 1 fully saturated rings. The third kappa shape index (κ3) is 4.91. The number of benzene rings is 1. The quantitative estimate of drug-likeness (QED) is 0.903. The standard InChI is InChI=1S/C17H26FN3O2/c1-4-15-12-23-8-7-21(15)17(22)19-10-13-5-6-14(11-20(2)3)16(18)9-13/h5-6,9,15H,4,7-8,10-12H2,1-3H3,(H,19,22). The van der Waals surface area contributed by atoms with Crippen LogP contribution in [0.1, 0.15) is 24.5 Å². The number of morpholine rings is 1. The van der Waals surface area contributed by atoms with Gasteiger partial charge in [-0.15, -0.1) is 0 Å². The van der Waals surface area contributed by atoms with Crippen LogP contribution in [-0.4, -0.2) is 55.7 Å². The molecule has 0 radical (unpaired) electrons.